The number of likely N-dealkylation sites (tertiary alicyclic amines) is 1. The molecule has 210 valence electrons. The van der Waals surface area contributed by atoms with E-state index in [1.54, 1.807) is 25.2 Å². The Morgan fingerprint density at radius 1 is 0.868 bits per heavy atom. The minimum absolute atomic E-state index is 0.00766. The van der Waals surface area contributed by atoms with Gasteiger partial charge in [0.25, 0.3) is 45.1 Å². The summed E-state index contributed by atoms with van der Waals surface area (Å²) in [5.41, 5.74) is 0.753. The van der Waals surface area contributed by atoms with Gasteiger partial charge in [-0.3, -0.25) is 23.0 Å². The number of rotatable bonds is 12. The van der Waals surface area contributed by atoms with Crippen LogP contribution in [0.25, 0.3) is 0 Å². The van der Waals surface area contributed by atoms with Crippen molar-refractivity contribution in [2.45, 2.75) is 25.3 Å². The Bertz CT molecular complexity index is 1220. The summed E-state index contributed by atoms with van der Waals surface area (Å²) in [6.45, 7) is 2.05. The summed E-state index contributed by atoms with van der Waals surface area (Å²) in [6, 6.07) is 11.5. The Morgan fingerprint density at radius 3 is 2.03 bits per heavy atom. The van der Waals surface area contributed by atoms with Gasteiger partial charge in [0.2, 0.25) is 5.91 Å². The van der Waals surface area contributed by atoms with Crippen LogP contribution in [-0.2, 0) is 56.3 Å². The van der Waals surface area contributed by atoms with E-state index in [0.29, 0.717) is 19.5 Å². The zero-order valence-electron chi connectivity index (χ0n) is 20.2. The fourth-order valence-corrected chi connectivity index (χ4v) is 6.42. The van der Waals surface area contributed by atoms with Gasteiger partial charge < -0.3 is 9.80 Å². The summed E-state index contributed by atoms with van der Waals surface area (Å²) >= 11 is -11.2. The van der Waals surface area contributed by atoms with Crippen LogP contribution in [-0.4, -0.2) is 77.4 Å². The number of hydrogen-bond acceptors (Lipinski definition) is 6. The molecule has 17 heteroatoms. The SMILES string of the molecule is CN(C(=O)Cc1ccccc1N(S(=O)O)S(=O)O)C(CN1CCCC1)c1cccc(N(S(=O)O)S(=O)O)c1. The zero-order valence-corrected chi connectivity index (χ0v) is 23.5. The molecule has 4 N–H and O–H groups in total. The van der Waals surface area contributed by atoms with Crippen LogP contribution >= 0.6 is 0 Å². The first-order chi connectivity index (χ1) is 18.0. The summed E-state index contributed by atoms with van der Waals surface area (Å²) in [5, 5.41) is 0. The van der Waals surface area contributed by atoms with E-state index < -0.39 is 57.0 Å². The second kappa shape index (κ2) is 13.8. The first kappa shape index (κ1) is 30.5. The Morgan fingerprint density at radius 2 is 1.45 bits per heavy atom. The fourth-order valence-electron chi connectivity index (χ4n) is 4.26. The topological polar surface area (TPSA) is 179 Å². The quantitative estimate of drug-likeness (QED) is 0.259. The molecule has 0 radical (unpaired) electrons. The van der Waals surface area contributed by atoms with Crippen LogP contribution in [0.5, 0.6) is 0 Å². The summed E-state index contributed by atoms with van der Waals surface area (Å²) in [4.78, 5) is 17.1. The van der Waals surface area contributed by atoms with Crippen LogP contribution in [0.3, 0.4) is 0 Å². The highest BCUT2D eigenvalue weighted by atomic mass is 32.3. The van der Waals surface area contributed by atoms with E-state index in [4.69, 9.17) is 0 Å². The summed E-state index contributed by atoms with van der Waals surface area (Å²) in [5.74, 6) is -0.409. The largest absolute Gasteiger partial charge is 0.337 e. The van der Waals surface area contributed by atoms with Gasteiger partial charge in [-0.15, -0.1) is 0 Å². The van der Waals surface area contributed by atoms with Gasteiger partial charge >= 0.3 is 0 Å². The third-order valence-corrected chi connectivity index (χ3v) is 9.53. The molecule has 0 aromatic heterocycles. The van der Waals surface area contributed by atoms with Crippen LogP contribution in [0.4, 0.5) is 11.4 Å². The maximum absolute atomic E-state index is 13.5. The number of anilines is 2. The number of benzene rings is 2. The average Bonchev–Trinajstić information content (AvgIpc) is 3.36. The van der Waals surface area contributed by atoms with Gasteiger partial charge in [-0.2, -0.15) is 7.42 Å². The average molecular weight is 609 g/mol. The number of carbonyl (C=O) groups excluding carboxylic acids is 1. The second-order valence-electron chi connectivity index (χ2n) is 8.37. The Labute approximate surface area is 230 Å². The minimum atomic E-state index is -2.82. The molecule has 2 aromatic carbocycles. The van der Waals surface area contributed by atoms with E-state index in [0.717, 1.165) is 25.9 Å². The monoisotopic (exact) mass is 608 g/mol. The van der Waals surface area contributed by atoms with E-state index in [1.807, 2.05) is 0 Å². The Hall–Kier alpha value is -2.09. The van der Waals surface area contributed by atoms with Gasteiger partial charge in [-0.25, -0.2) is 16.8 Å². The van der Waals surface area contributed by atoms with E-state index in [2.05, 4.69) is 4.90 Å². The summed E-state index contributed by atoms with van der Waals surface area (Å²) < 4.78 is 85.5. The number of amides is 1. The predicted octanol–water partition coefficient (Wildman–Crippen LogP) is 1.68. The van der Waals surface area contributed by atoms with Crippen molar-refractivity contribution in [2.24, 2.45) is 0 Å². The van der Waals surface area contributed by atoms with Gasteiger partial charge in [0.15, 0.2) is 0 Å². The van der Waals surface area contributed by atoms with Crippen LogP contribution in [0.15, 0.2) is 48.5 Å². The Kier molecular flexibility index (Phi) is 11.1. The maximum Gasteiger partial charge on any atom is 0.276 e. The smallest absolute Gasteiger partial charge is 0.276 e. The molecule has 1 heterocycles. The molecule has 5 unspecified atom stereocenters. The third kappa shape index (κ3) is 7.51. The molecule has 1 aliphatic heterocycles. The first-order valence-corrected chi connectivity index (χ1v) is 15.5. The molecular formula is C21H28N4O9S4. The maximum atomic E-state index is 13.5. The van der Waals surface area contributed by atoms with Crippen LogP contribution in [0.1, 0.15) is 30.0 Å². The van der Waals surface area contributed by atoms with Crippen molar-refractivity contribution in [3.05, 3.63) is 59.7 Å². The molecule has 0 aliphatic carbocycles. The lowest BCUT2D eigenvalue weighted by Crippen LogP contribution is -2.39. The van der Waals surface area contributed by atoms with Gasteiger partial charge in [0.1, 0.15) is 0 Å². The zero-order chi connectivity index (χ0) is 28.0. The standard InChI is InChI=1S/C21H28N4O9S4/c1-22(21(26)14-17-7-2-3-10-19(17)25(37(31)32)38(33)34)20(15-23-11-4-5-12-23)16-8-6-9-18(13-16)24(35(27)28)36(29)30/h2-3,6-10,13,20H,4-5,11-12,14-15H2,1H3,(H,27,28)(H,29,30)(H,31,32)(H,33,34). The van der Waals surface area contributed by atoms with E-state index in [-0.39, 0.29) is 23.4 Å². The lowest BCUT2D eigenvalue weighted by molar-refractivity contribution is -0.131. The van der Waals surface area contributed by atoms with Crippen molar-refractivity contribution in [1.82, 2.24) is 9.80 Å². The van der Waals surface area contributed by atoms with Crippen molar-refractivity contribution < 1.29 is 39.8 Å². The number of para-hydroxylation sites is 1. The highest BCUT2D eigenvalue weighted by Gasteiger charge is 2.29. The molecule has 1 saturated heterocycles. The normalized spacial score (nSPS) is 17.8. The predicted molar refractivity (Wildman–Crippen MR) is 146 cm³/mol. The summed E-state index contributed by atoms with van der Waals surface area (Å²) in [6.07, 6.45) is 1.72. The molecule has 0 saturated carbocycles. The molecular weight excluding hydrogens is 581 g/mol. The van der Waals surface area contributed by atoms with Crippen molar-refractivity contribution in [2.75, 3.05) is 34.1 Å². The molecule has 0 spiro atoms. The highest BCUT2D eigenvalue weighted by Crippen LogP contribution is 2.29. The molecule has 1 amide bonds. The molecule has 13 nitrogen and oxygen atoms in total. The van der Waals surface area contributed by atoms with Crippen molar-refractivity contribution >= 4 is 62.3 Å². The second-order valence-corrected chi connectivity index (χ2v) is 12.1. The molecule has 5 atom stereocenters. The van der Waals surface area contributed by atoms with E-state index in [9.17, 15) is 39.8 Å². The third-order valence-electron chi connectivity index (χ3n) is 6.05. The first-order valence-electron chi connectivity index (χ1n) is 11.2. The van der Waals surface area contributed by atoms with E-state index in [1.165, 1.54) is 35.2 Å². The molecule has 3 rings (SSSR count). The molecule has 38 heavy (non-hydrogen) atoms. The number of carbonyl (C=O) groups is 1. The fraction of sp³-hybridized carbons (Fsp3) is 0.381. The van der Waals surface area contributed by atoms with Gasteiger partial charge in [-0.05, 0) is 55.3 Å². The summed E-state index contributed by atoms with van der Waals surface area (Å²) in [7, 11) is 1.57. The van der Waals surface area contributed by atoms with Crippen LogP contribution in [0, 0.1) is 0 Å². The Balaban J connectivity index is 1.95. The van der Waals surface area contributed by atoms with Crippen LogP contribution < -0.4 is 7.42 Å². The molecule has 1 fully saturated rings. The highest BCUT2D eigenvalue weighted by molar-refractivity contribution is 7.99. The molecule has 1 aliphatic rings. The van der Waals surface area contributed by atoms with Crippen LogP contribution in [0.2, 0.25) is 0 Å². The number of hydrogen-bond donors (Lipinski definition) is 4. The minimum Gasteiger partial charge on any atom is -0.337 e. The molecule has 2 aromatic rings. The van der Waals surface area contributed by atoms with Gasteiger partial charge in [0, 0.05) is 13.6 Å². The number of likely N-dealkylation sites (N-methyl/N-ethyl adjacent to an activating group) is 1. The van der Waals surface area contributed by atoms with Gasteiger partial charge in [0.05, 0.1) is 23.8 Å². The van der Waals surface area contributed by atoms with E-state index >= 15 is 0 Å². The van der Waals surface area contributed by atoms with Crippen molar-refractivity contribution in [1.29, 1.82) is 0 Å². The lowest BCUT2D eigenvalue weighted by atomic mass is 10.0. The number of nitrogens with zero attached hydrogens (tertiary/aromatic N) is 4. The molecule has 0 bridgehead atoms. The van der Waals surface area contributed by atoms with Crippen molar-refractivity contribution in [3.63, 3.8) is 0 Å². The lowest BCUT2D eigenvalue weighted by Gasteiger charge is -2.33. The van der Waals surface area contributed by atoms with Gasteiger partial charge in [-0.1, -0.05) is 30.3 Å². The van der Waals surface area contributed by atoms with Crippen molar-refractivity contribution in [3.8, 4) is 0 Å².